The quantitative estimate of drug-likeness (QED) is 0.849. The maximum Gasteiger partial charge on any atom is 0.346 e. The van der Waals surface area contributed by atoms with Gasteiger partial charge in [0, 0.05) is 5.39 Å². The number of aromatic carboxylic acids is 1. The van der Waals surface area contributed by atoms with Crippen LogP contribution in [0, 0.1) is 6.92 Å². The highest BCUT2D eigenvalue weighted by atomic mass is 32.1. The molecule has 1 heterocycles. The monoisotopic (exact) mass is 222 g/mol. The van der Waals surface area contributed by atoms with Crippen molar-refractivity contribution in [1.29, 1.82) is 0 Å². The standard InChI is InChI=1S/C11H10O3S/c1-6-7-4-3-5-8(14-2)10(7)15-9(6)11(12)13/h3-5H,1-2H3,(H,12,13). The number of carboxylic acids is 1. The molecule has 2 rings (SSSR count). The van der Waals surface area contributed by atoms with Crippen LogP contribution in [0.3, 0.4) is 0 Å². The molecule has 0 fully saturated rings. The van der Waals surface area contributed by atoms with Crippen LogP contribution in [0.25, 0.3) is 10.1 Å². The molecule has 1 N–H and O–H groups in total. The zero-order valence-corrected chi connectivity index (χ0v) is 9.22. The number of fused-ring (bicyclic) bond motifs is 1. The number of rotatable bonds is 2. The van der Waals surface area contributed by atoms with E-state index in [0.717, 1.165) is 21.4 Å². The van der Waals surface area contributed by atoms with E-state index in [0.29, 0.717) is 4.88 Å². The van der Waals surface area contributed by atoms with Crippen LogP contribution >= 0.6 is 11.3 Å². The summed E-state index contributed by atoms with van der Waals surface area (Å²) in [5.74, 6) is -0.149. The van der Waals surface area contributed by atoms with Crippen LogP contribution in [-0.2, 0) is 0 Å². The van der Waals surface area contributed by atoms with E-state index < -0.39 is 5.97 Å². The minimum atomic E-state index is -0.879. The molecule has 0 atom stereocenters. The molecule has 0 unspecified atom stereocenters. The first kappa shape index (κ1) is 9.98. The van der Waals surface area contributed by atoms with Gasteiger partial charge in [0.25, 0.3) is 0 Å². The molecule has 0 amide bonds. The Hall–Kier alpha value is -1.55. The lowest BCUT2D eigenvalue weighted by molar-refractivity contribution is 0.0701. The predicted molar refractivity (Wildman–Crippen MR) is 60.1 cm³/mol. The first-order chi connectivity index (χ1) is 7.15. The van der Waals surface area contributed by atoms with Gasteiger partial charge >= 0.3 is 5.97 Å². The first-order valence-electron chi connectivity index (χ1n) is 4.44. The highest BCUT2D eigenvalue weighted by Crippen LogP contribution is 2.36. The second-order valence-corrected chi connectivity index (χ2v) is 4.22. The number of hydrogen-bond donors (Lipinski definition) is 1. The molecule has 0 aliphatic rings. The van der Waals surface area contributed by atoms with Gasteiger partial charge in [0.15, 0.2) is 0 Å². The van der Waals surface area contributed by atoms with Gasteiger partial charge in [-0.25, -0.2) is 4.79 Å². The normalized spacial score (nSPS) is 10.5. The summed E-state index contributed by atoms with van der Waals surface area (Å²) in [7, 11) is 1.59. The number of benzene rings is 1. The van der Waals surface area contributed by atoms with Crippen molar-refractivity contribution < 1.29 is 14.6 Å². The van der Waals surface area contributed by atoms with Crippen molar-refractivity contribution in [2.75, 3.05) is 7.11 Å². The lowest BCUT2D eigenvalue weighted by atomic mass is 10.1. The van der Waals surface area contributed by atoms with Gasteiger partial charge in [-0.2, -0.15) is 0 Å². The zero-order chi connectivity index (χ0) is 11.0. The maximum absolute atomic E-state index is 11.0. The number of hydrogen-bond acceptors (Lipinski definition) is 3. The molecule has 78 valence electrons. The molecule has 0 radical (unpaired) electrons. The fraction of sp³-hybridized carbons (Fsp3) is 0.182. The van der Waals surface area contributed by atoms with Gasteiger partial charge in [-0.3, -0.25) is 0 Å². The average Bonchev–Trinajstić information content (AvgIpc) is 2.56. The van der Waals surface area contributed by atoms with E-state index in [4.69, 9.17) is 9.84 Å². The Balaban J connectivity index is 2.81. The molecule has 0 aliphatic heterocycles. The van der Waals surface area contributed by atoms with Crippen molar-refractivity contribution in [3.05, 3.63) is 28.6 Å². The molecular formula is C11H10O3S. The molecule has 15 heavy (non-hydrogen) atoms. The molecular weight excluding hydrogens is 212 g/mol. The Kier molecular flexibility index (Phi) is 2.36. The summed E-state index contributed by atoms with van der Waals surface area (Å²) in [4.78, 5) is 11.3. The fourth-order valence-corrected chi connectivity index (χ4v) is 2.72. The second kappa shape index (κ2) is 3.55. The highest BCUT2D eigenvalue weighted by molar-refractivity contribution is 7.21. The van der Waals surface area contributed by atoms with Crippen LogP contribution in [0.5, 0.6) is 5.75 Å². The van der Waals surface area contributed by atoms with Crippen LogP contribution in [0.1, 0.15) is 15.2 Å². The number of ether oxygens (including phenoxy) is 1. The summed E-state index contributed by atoms with van der Waals surface area (Å²) >= 11 is 1.26. The molecule has 0 saturated heterocycles. The molecule has 1 aromatic heterocycles. The molecule has 0 spiro atoms. The highest BCUT2D eigenvalue weighted by Gasteiger charge is 2.16. The molecule has 3 nitrogen and oxygen atoms in total. The molecule has 0 bridgehead atoms. The van der Waals surface area contributed by atoms with Crippen molar-refractivity contribution in [2.24, 2.45) is 0 Å². The average molecular weight is 222 g/mol. The van der Waals surface area contributed by atoms with Gasteiger partial charge in [0.1, 0.15) is 10.6 Å². The summed E-state index contributed by atoms with van der Waals surface area (Å²) in [6.45, 7) is 1.82. The third-order valence-corrected chi connectivity index (χ3v) is 3.65. The Morgan fingerprint density at radius 3 is 2.80 bits per heavy atom. The summed E-state index contributed by atoms with van der Waals surface area (Å²) in [6, 6.07) is 5.62. The summed E-state index contributed by atoms with van der Waals surface area (Å²) < 4.78 is 6.09. The number of carboxylic acid groups (broad SMARTS) is 1. The Bertz CT molecular complexity index is 528. The summed E-state index contributed by atoms with van der Waals surface area (Å²) in [5.41, 5.74) is 0.807. The third-order valence-electron chi connectivity index (χ3n) is 2.34. The van der Waals surface area contributed by atoms with Crippen molar-refractivity contribution in [1.82, 2.24) is 0 Å². The second-order valence-electron chi connectivity index (χ2n) is 3.20. The van der Waals surface area contributed by atoms with Gasteiger partial charge in [-0.05, 0) is 18.6 Å². The van der Waals surface area contributed by atoms with Gasteiger partial charge in [0.2, 0.25) is 0 Å². The largest absolute Gasteiger partial charge is 0.495 e. The number of carbonyl (C=O) groups is 1. The van der Waals surface area contributed by atoms with Gasteiger partial charge in [0.05, 0.1) is 11.8 Å². The van der Waals surface area contributed by atoms with Crippen LogP contribution in [0.2, 0.25) is 0 Å². The predicted octanol–water partition coefficient (Wildman–Crippen LogP) is 2.92. The fourth-order valence-electron chi connectivity index (χ4n) is 1.58. The van der Waals surface area contributed by atoms with E-state index in [1.54, 1.807) is 7.11 Å². The van der Waals surface area contributed by atoms with Gasteiger partial charge in [-0.1, -0.05) is 12.1 Å². The third kappa shape index (κ3) is 1.47. The van der Waals surface area contributed by atoms with Crippen molar-refractivity contribution in [2.45, 2.75) is 6.92 Å². The topological polar surface area (TPSA) is 46.5 Å². The lowest BCUT2D eigenvalue weighted by Crippen LogP contribution is -1.93. The van der Waals surface area contributed by atoms with E-state index in [1.165, 1.54) is 11.3 Å². The van der Waals surface area contributed by atoms with Gasteiger partial charge in [-0.15, -0.1) is 11.3 Å². The Labute approximate surface area is 90.9 Å². The summed E-state index contributed by atoms with van der Waals surface area (Å²) in [5, 5.41) is 9.96. The van der Waals surface area contributed by atoms with Crippen LogP contribution in [0.15, 0.2) is 18.2 Å². The van der Waals surface area contributed by atoms with E-state index >= 15 is 0 Å². The van der Waals surface area contributed by atoms with Crippen molar-refractivity contribution >= 4 is 27.4 Å². The molecule has 0 saturated carbocycles. The van der Waals surface area contributed by atoms with Crippen LogP contribution < -0.4 is 4.74 Å². The van der Waals surface area contributed by atoms with Crippen molar-refractivity contribution in [3.8, 4) is 5.75 Å². The van der Waals surface area contributed by atoms with Crippen LogP contribution in [0.4, 0.5) is 0 Å². The van der Waals surface area contributed by atoms with E-state index in [9.17, 15) is 4.79 Å². The molecule has 4 heteroatoms. The SMILES string of the molecule is COc1cccc2c(C)c(C(=O)O)sc12. The maximum atomic E-state index is 11.0. The first-order valence-corrected chi connectivity index (χ1v) is 5.26. The number of methoxy groups -OCH3 is 1. The van der Waals surface area contributed by atoms with E-state index in [1.807, 2.05) is 25.1 Å². The smallest absolute Gasteiger partial charge is 0.346 e. The van der Waals surface area contributed by atoms with E-state index in [2.05, 4.69) is 0 Å². The minimum absolute atomic E-state index is 0.384. The van der Waals surface area contributed by atoms with Crippen LogP contribution in [-0.4, -0.2) is 18.2 Å². The lowest BCUT2D eigenvalue weighted by Gasteiger charge is -1.99. The Morgan fingerprint density at radius 2 is 2.20 bits per heavy atom. The molecule has 0 aliphatic carbocycles. The molecule has 1 aromatic carbocycles. The minimum Gasteiger partial charge on any atom is -0.495 e. The molecule has 2 aromatic rings. The van der Waals surface area contributed by atoms with E-state index in [-0.39, 0.29) is 0 Å². The van der Waals surface area contributed by atoms with Gasteiger partial charge < -0.3 is 9.84 Å². The zero-order valence-electron chi connectivity index (χ0n) is 8.40. The number of aryl methyl sites for hydroxylation is 1. The summed E-state index contributed by atoms with van der Waals surface area (Å²) in [6.07, 6.45) is 0. The Morgan fingerprint density at radius 1 is 1.47 bits per heavy atom. The number of thiophene rings is 1. The van der Waals surface area contributed by atoms with Crippen molar-refractivity contribution in [3.63, 3.8) is 0 Å².